The molecular weight excluding hydrogens is 581 g/mol. The summed E-state index contributed by atoms with van der Waals surface area (Å²) in [5.41, 5.74) is 6.71. The average Bonchev–Trinajstić information content (AvgIpc) is 3.27. The molecule has 0 atom stereocenters. The second-order valence-electron chi connectivity index (χ2n) is 12.1. The fourth-order valence-corrected chi connectivity index (χ4v) is 6.24. The van der Waals surface area contributed by atoms with Gasteiger partial charge in [0.2, 0.25) is 0 Å². The Balaban J connectivity index is 1.13. The molecule has 1 aliphatic rings. The van der Waals surface area contributed by atoms with Gasteiger partial charge in [0.1, 0.15) is 17.3 Å². The molecule has 4 aromatic carbocycles. The number of benzene rings is 4. The molecule has 8 nitrogen and oxygen atoms in total. The van der Waals surface area contributed by atoms with Crippen LogP contribution in [0.3, 0.4) is 0 Å². The summed E-state index contributed by atoms with van der Waals surface area (Å²) < 4.78 is 15.8. The lowest BCUT2D eigenvalue weighted by Crippen LogP contribution is -2.44. The largest absolute Gasteiger partial charge is 0.507 e. The Hall–Kier alpha value is -4.86. The number of hydrogen-bond donors (Lipinski definition) is 4. The molecule has 238 valence electrons. The van der Waals surface area contributed by atoms with Gasteiger partial charge in [0, 0.05) is 84.1 Å². The van der Waals surface area contributed by atoms with E-state index in [0.717, 1.165) is 57.1 Å². The maximum absolute atomic E-state index is 13.3. The zero-order chi connectivity index (χ0) is 32.4. The minimum Gasteiger partial charge on any atom is -0.507 e. The van der Waals surface area contributed by atoms with Crippen molar-refractivity contribution in [1.29, 1.82) is 0 Å². The second kappa shape index (κ2) is 13.2. The number of rotatable bonds is 9. The van der Waals surface area contributed by atoms with E-state index in [4.69, 9.17) is 0 Å². The lowest BCUT2D eigenvalue weighted by Gasteiger charge is -2.32. The first-order valence-corrected chi connectivity index (χ1v) is 15.7. The Bertz CT molecular complexity index is 1850. The monoisotopic (exact) mass is 621 g/mol. The molecule has 2 heterocycles. The summed E-state index contributed by atoms with van der Waals surface area (Å²) in [6.07, 6.45) is 1.11. The molecule has 0 bridgehead atoms. The van der Waals surface area contributed by atoms with Gasteiger partial charge in [0.25, 0.3) is 5.91 Å². The van der Waals surface area contributed by atoms with E-state index in [1.807, 2.05) is 6.07 Å². The standard InChI is InChI=1S/C37H40FN5O3/c1-24-25(2)43(15-5-14-42-18-16-41(3)17-19-42)33-13-12-30(21-32(24)33)39-29-7-4-6-27(20-29)37(46)40-31-22-34(44)36(35(45)23-31)26-8-10-28(38)11-9-26/h4,6-13,20-23,39,44-45H,5,14-19H2,1-3H3,(H,40,46). The zero-order valence-electron chi connectivity index (χ0n) is 26.5. The second-order valence-corrected chi connectivity index (χ2v) is 12.1. The Kier molecular flexibility index (Phi) is 8.96. The predicted octanol–water partition coefficient (Wildman–Crippen LogP) is 7.11. The molecule has 9 heteroatoms. The molecule has 6 rings (SSSR count). The SMILES string of the molecule is Cc1c(C)n(CCCN2CCN(C)CC2)c2ccc(Nc3cccc(C(=O)Nc4cc(O)c(-c5ccc(F)cc5)c(O)c4)c3)cc12. The first kappa shape index (κ1) is 31.1. The van der Waals surface area contributed by atoms with E-state index in [-0.39, 0.29) is 22.7 Å². The van der Waals surface area contributed by atoms with Crippen LogP contribution in [0.25, 0.3) is 22.0 Å². The van der Waals surface area contributed by atoms with E-state index in [9.17, 15) is 19.4 Å². The van der Waals surface area contributed by atoms with Crippen molar-refractivity contribution in [2.24, 2.45) is 0 Å². The summed E-state index contributed by atoms with van der Waals surface area (Å²) in [6.45, 7) is 11.0. The molecule has 1 saturated heterocycles. The van der Waals surface area contributed by atoms with Crippen molar-refractivity contribution in [2.75, 3.05) is 50.4 Å². The molecule has 1 aromatic heterocycles. The summed E-state index contributed by atoms with van der Waals surface area (Å²) in [5, 5.41) is 28.6. The number of nitrogens with zero attached hydrogens (tertiary/aromatic N) is 3. The van der Waals surface area contributed by atoms with Gasteiger partial charge in [-0.05, 0) is 93.5 Å². The summed E-state index contributed by atoms with van der Waals surface area (Å²) in [6, 6.07) is 21.7. The molecule has 0 aliphatic carbocycles. The lowest BCUT2D eigenvalue weighted by molar-refractivity contribution is 0.102. The number of fused-ring (bicyclic) bond motifs is 1. The highest BCUT2D eigenvalue weighted by Gasteiger charge is 2.17. The van der Waals surface area contributed by atoms with Crippen LogP contribution in [0.15, 0.2) is 78.9 Å². The summed E-state index contributed by atoms with van der Waals surface area (Å²) >= 11 is 0. The summed E-state index contributed by atoms with van der Waals surface area (Å²) in [4.78, 5) is 18.1. The maximum Gasteiger partial charge on any atom is 0.255 e. The van der Waals surface area contributed by atoms with E-state index < -0.39 is 11.7 Å². The fraction of sp³-hybridized carbons (Fsp3) is 0.270. The van der Waals surface area contributed by atoms with Gasteiger partial charge in [0.15, 0.2) is 0 Å². The van der Waals surface area contributed by atoms with Crippen molar-refractivity contribution >= 4 is 33.9 Å². The minimum atomic E-state index is -0.421. The van der Waals surface area contributed by atoms with Crippen LogP contribution in [0.5, 0.6) is 11.5 Å². The number of carbonyl (C=O) groups excluding carboxylic acids is 1. The van der Waals surface area contributed by atoms with Crippen LogP contribution in [0, 0.1) is 19.7 Å². The highest BCUT2D eigenvalue weighted by Crippen LogP contribution is 2.40. The Labute approximate surface area is 268 Å². The van der Waals surface area contributed by atoms with Gasteiger partial charge in [-0.3, -0.25) is 4.79 Å². The Morgan fingerprint density at radius 2 is 1.52 bits per heavy atom. The predicted molar refractivity (Wildman–Crippen MR) is 183 cm³/mol. The molecule has 1 aliphatic heterocycles. The van der Waals surface area contributed by atoms with Gasteiger partial charge in [-0.15, -0.1) is 0 Å². The van der Waals surface area contributed by atoms with Crippen molar-refractivity contribution in [3.63, 3.8) is 0 Å². The minimum absolute atomic E-state index is 0.160. The van der Waals surface area contributed by atoms with Gasteiger partial charge >= 0.3 is 0 Å². The number of aromatic nitrogens is 1. The van der Waals surface area contributed by atoms with Crippen LogP contribution < -0.4 is 10.6 Å². The maximum atomic E-state index is 13.3. The van der Waals surface area contributed by atoms with Crippen LogP contribution in [0.1, 0.15) is 28.0 Å². The smallest absolute Gasteiger partial charge is 0.255 e. The normalized spacial score (nSPS) is 14.1. The van der Waals surface area contributed by atoms with Crippen LogP contribution in [0.2, 0.25) is 0 Å². The molecule has 1 fully saturated rings. The van der Waals surface area contributed by atoms with Gasteiger partial charge < -0.3 is 35.2 Å². The quantitative estimate of drug-likeness (QED) is 0.140. The number of likely N-dealkylation sites (N-methyl/N-ethyl adjacent to an activating group) is 1. The van der Waals surface area contributed by atoms with Crippen molar-refractivity contribution in [3.05, 3.63) is 102 Å². The first-order chi connectivity index (χ1) is 22.2. The van der Waals surface area contributed by atoms with Gasteiger partial charge in [-0.2, -0.15) is 0 Å². The zero-order valence-corrected chi connectivity index (χ0v) is 26.5. The topological polar surface area (TPSA) is 93.0 Å². The van der Waals surface area contributed by atoms with Gasteiger partial charge in [-0.25, -0.2) is 4.39 Å². The van der Waals surface area contributed by atoms with Gasteiger partial charge in [-0.1, -0.05) is 18.2 Å². The molecule has 4 N–H and O–H groups in total. The number of aryl methyl sites for hydroxylation is 2. The third kappa shape index (κ3) is 6.71. The number of phenols is 2. The highest BCUT2D eigenvalue weighted by atomic mass is 19.1. The van der Waals surface area contributed by atoms with Crippen LogP contribution in [-0.4, -0.2) is 70.3 Å². The summed E-state index contributed by atoms with van der Waals surface area (Å²) in [7, 11) is 2.19. The van der Waals surface area contributed by atoms with Crippen molar-refractivity contribution in [3.8, 4) is 22.6 Å². The van der Waals surface area contributed by atoms with E-state index in [1.54, 1.807) is 18.2 Å². The van der Waals surface area contributed by atoms with E-state index in [0.29, 0.717) is 11.1 Å². The molecule has 0 spiro atoms. The lowest BCUT2D eigenvalue weighted by atomic mass is 10.0. The number of carbonyl (C=O) groups is 1. The first-order valence-electron chi connectivity index (χ1n) is 15.7. The molecular formula is C37H40FN5O3. The van der Waals surface area contributed by atoms with Crippen LogP contribution in [0.4, 0.5) is 21.5 Å². The molecule has 5 aromatic rings. The van der Waals surface area contributed by atoms with Crippen molar-refractivity contribution in [1.82, 2.24) is 14.4 Å². The molecule has 1 amide bonds. The third-order valence-corrected chi connectivity index (χ3v) is 8.99. The third-order valence-electron chi connectivity index (χ3n) is 8.99. The van der Waals surface area contributed by atoms with Crippen molar-refractivity contribution in [2.45, 2.75) is 26.8 Å². The number of anilines is 3. The fourth-order valence-electron chi connectivity index (χ4n) is 6.24. The number of piperazine rings is 1. The number of amides is 1. The highest BCUT2D eigenvalue weighted by molar-refractivity contribution is 6.05. The number of aromatic hydroxyl groups is 2. The van der Waals surface area contributed by atoms with Crippen LogP contribution >= 0.6 is 0 Å². The van der Waals surface area contributed by atoms with Crippen LogP contribution in [-0.2, 0) is 6.54 Å². The number of phenolic OH excluding ortho intramolecular Hbond substituents is 2. The number of nitrogens with one attached hydrogen (secondary N) is 2. The van der Waals surface area contributed by atoms with E-state index in [1.165, 1.54) is 58.6 Å². The van der Waals surface area contributed by atoms with Gasteiger partial charge in [0.05, 0.1) is 5.56 Å². The van der Waals surface area contributed by atoms with E-state index in [2.05, 4.69) is 64.1 Å². The molecule has 0 saturated carbocycles. The molecule has 46 heavy (non-hydrogen) atoms. The Morgan fingerprint density at radius 3 is 2.24 bits per heavy atom. The number of halogens is 1. The molecule has 0 unspecified atom stereocenters. The van der Waals surface area contributed by atoms with Crippen molar-refractivity contribution < 1.29 is 19.4 Å². The number of hydrogen-bond acceptors (Lipinski definition) is 6. The Morgan fingerprint density at radius 1 is 0.826 bits per heavy atom. The van der Waals surface area contributed by atoms with E-state index >= 15 is 0 Å². The molecule has 0 radical (unpaired) electrons. The average molecular weight is 622 g/mol. The summed E-state index contributed by atoms with van der Waals surface area (Å²) in [5.74, 6) is -1.28.